The van der Waals surface area contributed by atoms with E-state index in [2.05, 4.69) is 67.5 Å². The number of aryl methyl sites for hydroxylation is 2. The Morgan fingerprint density at radius 3 is 2.00 bits per heavy atom. The van der Waals surface area contributed by atoms with Crippen LogP contribution in [-0.4, -0.2) is 5.16 Å². The highest BCUT2D eigenvalue weighted by Gasteiger charge is 2.06. The Hall–Kier alpha value is -2.35. The quantitative estimate of drug-likeness (QED) is 0.565. The molecule has 1 aromatic heterocycles. The van der Waals surface area contributed by atoms with Crippen LogP contribution in [0.15, 0.2) is 59.1 Å². The molecule has 0 atom stereocenters. The first-order valence-electron chi connectivity index (χ1n) is 8.45. The van der Waals surface area contributed by atoms with E-state index >= 15 is 0 Å². The van der Waals surface area contributed by atoms with Crippen LogP contribution >= 0.6 is 0 Å². The zero-order valence-electron chi connectivity index (χ0n) is 13.9. The molecule has 0 saturated carbocycles. The third-order valence-corrected chi connectivity index (χ3v) is 4.19. The molecular formula is C21H23NO. The molecular weight excluding hydrogens is 282 g/mol. The van der Waals surface area contributed by atoms with Crippen LogP contribution in [0.1, 0.15) is 38.0 Å². The summed E-state index contributed by atoms with van der Waals surface area (Å²) in [4.78, 5) is 0. The van der Waals surface area contributed by atoms with Gasteiger partial charge >= 0.3 is 0 Å². The first-order chi connectivity index (χ1) is 11.3. The molecule has 23 heavy (non-hydrogen) atoms. The standard InChI is InChI=1S/C21H23NO/c1-3-5-6-16-7-9-17(10-8-16)18-11-13-19(14-12-18)21-15-20(4-2)23-22-21/h7-15H,3-6H2,1-2H3. The Morgan fingerprint density at radius 2 is 1.43 bits per heavy atom. The zero-order valence-corrected chi connectivity index (χ0v) is 13.9. The Bertz CT molecular complexity index is 738. The molecule has 0 aliphatic rings. The van der Waals surface area contributed by atoms with Crippen LogP contribution in [0.2, 0.25) is 0 Å². The van der Waals surface area contributed by atoms with Crippen LogP contribution in [0, 0.1) is 0 Å². The molecule has 0 unspecified atom stereocenters. The van der Waals surface area contributed by atoms with Crippen LogP contribution in [0.25, 0.3) is 22.4 Å². The molecule has 0 radical (unpaired) electrons. The smallest absolute Gasteiger partial charge is 0.137 e. The number of hydrogen-bond acceptors (Lipinski definition) is 2. The van der Waals surface area contributed by atoms with Gasteiger partial charge in [0.25, 0.3) is 0 Å². The summed E-state index contributed by atoms with van der Waals surface area (Å²) in [5.41, 5.74) is 5.91. The fourth-order valence-corrected chi connectivity index (χ4v) is 2.69. The van der Waals surface area contributed by atoms with E-state index in [1.807, 2.05) is 6.07 Å². The van der Waals surface area contributed by atoms with Crippen LogP contribution < -0.4 is 0 Å². The maximum Gasteiger partial charge on any atom is 0.137 e. The minimum Gasteiger partial charge on any atom is -0.361 e. The van der Waals surface area contributed by atoms with Gasteiger partial charge in [0.2, 0.25) is 0 Å². The van der Waals surface area contributed by atoms with Crippen molar-refractivity contribution < 1.29 is 4.52 Å². The van der Waals surface area contributed by atoms with Gasteiger partial charge in [-0.05, 0) is 29.5 Å². The first kappa shape index (κ1) is 15.5. The molecule has 0 fully saturated rings. The summed E-state index contributed by atoms with van der Waals surface area (Å²) in [6.45, 7) is 4.30. The van der Waals surface area contributed by atoms with Gasteiger partial charge in [0.1, 0.15) is 11.5 Å². The van der Waals surface area contributed by atoms with Gasteiger partial charge in [-0.15, -0.1) is 0 Å². The van der Waals surface area contributed by atoms with E-state index in [0.717, 1.165) is 23.4 Å². The summed E-state index contributed by atoms with van der Waals surface area (Å²) in [5.74, 6) is 0.923. The second-order valence-electron chi connectivity index (χ2n) is 5.91. The molecule has 3 rings (SSSR count). The van der Waals surface area contributed by atoms with Gasteiger partial charge < -0.3 is 4.52 Å². The fraction of sp³-hybridized carbons (Fsp3) is 0.286. The third-order valence-electron chi connectivity index (χ3n) is 4.19. The Morgan fingerprint density at radius 1 is 0.826 bits per heavy atom. The van der Waals surface area contributed by atoms with Crippen LogP contribution in [0.4, 0.5) is 0 Å². The SMILES string of the molecule is CCCCc1ccc(-c2ccc(-c3cc(CC)on3)cc2)cc1. The monoisotopic (exact) mass is 305 g/mol. The lowest BCUT2D eigenvalue weighted by Crippen LogP contribution is -1.85. The van der Waals surface area contributed by atoms with Gasteiger partial charge in [0, 0.05) is 18.1 Å². The summed E-state index contributed by atoms with van der Waals surface area (Å²) in [5, 5.41) is 4.12. The zero-order chi connectivity index (χ0) is 16.1. The van der Waals surface area contributed by atoms with Crippen molar-refractivity contribution in [3.05, 3.63) is 65.9 Å². The molecule has 3 aromatic rings. The van der Waals surface area contributed by atoms with Crippen molar-refractivity contribution >= 4 is 0 Å². The lowest BCUT2D eigenvalue weighted by Gasteiger charge is -2.05. The number of benzene rings is 2. The van der Waals surface area contributed by atoms with Crippen molar-refractivity contribution in [2.45, 2.75) is 39.5 Å². The maximum absolute atomic E-state index is 5.28. The topological polar surface area (TPSA) is 26.0 Å². The summed E-state index contributed by atoms with van der Waals surface area (Å²) in [7, 11) is 0. The van der Waals surface area contributed by atoms with Crippen molar-refractivity contribution in [1.82, 2.24) is 5.16 Å². The van der Waals surface area contributed by atoms with Gasteiger partial charge in [-0.25, -0.2) is 0 Å². The number of rotatable bonds is 6. The van der Waals surface area contributed by atoms with Crippen LogP contribution in [0.3, 0.4) is 0 Å². The highest BCUT2D eigenvalue weighted by Crippen LogP contribution is 2.25. The second-order valence-corrected chi connectivity index (χ2v) is 5.91. The Labute approximate surface area is 138 Å². The molecule has 0 aliphatic carbocycles. The Balaban J connectivity index is 1.76. The van der Waals surface area contributed by atoms with Crippen molar-refractivity contribution in [3.8, 4) is 22.4 Å². The molecule has 2 nitrogen and oxygen atoms in total. The largest absolute Gasteiger partial charge is 0.361 e. The van der Waals surface area contributed by atoms with Gasteiger partial charge in [-0.3, -0.25) is 0 Å². The predicted octanol–water partition coefficient (Wildman–Crippen LogP) is 5.91. The minimum absolute atomic E-state index is 0.870. The number of aromatic nitrogens is 1. The van der Waals surface area contributed by atoms with E-state index in [1.54, 1.807) is 0 Å². The van der Waals surface area contributed by atoms with Gasteiger partial charge in [-0.2, -0.15) is 0 Å². The van der Waals surface area contributed by atoms with E-state index in [4.69, 9.17) is 4.52 Å². The van der Waals surface area contributed by atoms with E-state index in [1.165, 1.54) is 36.0 Å². The van der Waals surface area contributed by atoms with Crippen LogP contribution in [0.5, 0.6) is 0 Å². The number of nitrogens with zero attached hydrogens (tertiary/aromatic N) is 1. The first-order valence-corrected chi connectivity index (χ1v) is 8.45. The second kappa shape index (κ2) is 7.28. The number of hydrogen-bond donors (Lipinski definition) is 0. The van der Waals surface area contributed by atoms with Crippen molar-refractivity contribution in [2.75, 3.05) is 0 Å². The summed E-state index contributed by atoms with van der Waals surface area (Å²) >= 11 is 0. The molecule has 0 aliphatic heterocycles. The molecule has 1 heterocycles. The summed E-state index contributed by atoms with van der Waals surface area (Å²) in [6, 6.07) is 19.4. The van der Waals surface area contributed by atoms with Gasteiger partial charge in [-0.1, -0.05) is 74.0 Å². The van der Waals surface area contributed by atoms with Crippen molar-refractivity contribution in [2.24, 2.45) is 0 Å². The predicted molar refractivity (Wildman–Crippen MR) is 95.4 cm³/mol. The third kappa shape index (κ3) is 3.70. The average molecular weight is 305 g/mol. The summed E-state index contributed by atoms with van der Waals surface area (Å²) in [6.07, 6.45) is 4.54. The lowest BCUT2D eigenvalue weighted by molar-refractivity contribution is 0.389. The minimum atomic E-state index is 0.870. The number of unbranched alkanes of at least 4 members (excludes halogenated alkanes) is 1. The van der Waals surface area contributed by atoms with Crippen molar-refractivity contribution in [3.63, 3.8) is 0 Å². The van der Waals surface area contributed by atoms with E-state index in [0.29, 0.717) is 0 Å². The molecule has 118 valence electrons. The molecule has 0 bridgehead atoms. The molecule has 0 spiro atoms. The molecule has 0 N–H and O–H groups in total. The van der Waals surface area contributed by atoms with E-state index < -0.39 is 0 Å². The fourth-order valence-electron chi connectivity index (χ4n) is 2.69. The highest BCUT2D eigenvalue weighted by atomic mass is 16.5. The van der Waals surface area contributed by atoms with Gasteiger partial charge in [0.05, 0.1) is 0 Å². The van der Waals surface area contributed by atoms with E-state index in [9.17, 15) is 0 Å². The molecule has 2 heteroatoms. The molecule has 0 saturated heterocycles. The van der Waals surface area contributed by atoms with Crippen LogP contribution in [-0.2, 0) is 12.8 Å². The average Bonchev–Trinajstić information content (AvgIpc) is 3.10. The maximum atomic E-state index is 5.28. The van der Waals surface area contributed by atoms with Crippen molar-refractivity contribution in [1.29, 1.82) is 0 Å². The normalized spacial score (nSPS) is 10.9. The van der Waals surface area contributed by atoms with Gasteiger partial charge in [0.15, 0.2) is 0 Å². The Kier molecular flexibility index (Phi) is 4.92. The lowest BCUT2D eigenvalue weighted by atomic mass is 10.00. The molecule has 0 amide bonds. The molecule has 2 aromatic carbocycles. The summed E-state index contributed by atoms with van der Waals surface area (Å²) < 4.78 is 5.28. The van der Waals surface area contributed by atoms with E-state index in [-0.39, 0.29) is 0 Å². The highest BCUT2D eigenvalue weighted by molar-refractivity contribution is 5.68.